The molecule has 6 heteroatoms. The van der Waals surface area contributed by atoms with Crippen LogP contribution in [-0.2, 0) is 14.3 Å². The van der Waals surface area contributed by atoms with Crippen molar-refractivity contribution in [1.29, 1.82) is 0 Å². The van der Waals surface area contributed by atoms with Crippen molar-refractivity contribution < 1.29 is 19.1 Å². The van der Waals surface area contributed by atoms with E-state index < -0.39 is 5.60 Å². The number of ether oxygens (including phenoxy) is 2. The molecule has 0 aromatic carbocycles. The van der Waals surface area contributed by atoms with Crippen molar-refractivity contribution in [3.8, 4) is 0 Å². The number of hydrogen-bond donors (Lipinski definition) is 2. The normalized spacial score (nSPS) is 22.0. The van der Waals surface area contributed by atoms with Crippen LogP contribution < -0.4 is 10.6 Å². The van der Waals surface area contributed by atoms with E-state index in [1.54, 1.807) is 0 Å². The van der Waals surface area contributed by atoms with E-state index in [2.05, 4.69) is 10.6 Å². The number of hydrogen-bond acceptors (Lipinski definition) is 5. The summed E-state index contributed by atoms with van der Waals surface area (Å²) in [5.74, 6) is -0.157. The van der Waals surface area contributed by atoms with Gasteiger partial charge in [-0.15, -0.1) is 0 Å². The molecule has 0 heterocycles. The third-order valence-corrected chi connectivity index (χ3v) is 3.52. The number of esters is 1. The molecule has 128 valence electrons. The molecule has 0 unspecified atom stereocenters. The maximum atomic E-state index is 11.7. The fourth-order valence-electron chi connectivity index (χ4n) is 2.53. The van der Waals surface area contributed by atoms with Gasteiger partial charge in [0.15, 0.2) is 0 Å². The fourth-order valence-corrected chi connectivity index (χ4v) is 2.53. The summed E-state index contributed by atoms with van der Waals surface area (Å²) in [7, 11) is 0. The van der Waals surface area contributed by atoms with E-state index in [4.69, 9.17) is 9.47 Å². The quantitative estimate of drug-likeness (QED) is 0.736. The summed E-state index contributed by atoms with van der Waals surface area (Å²) in [6.45, 7) is 8.46. The van der Waals surface area contributed by atoms with Crippen LogP contribution in [-0.4, -0.2) is 42.9 Å². The van der Waals surface area contributed by atoms with Gasteiger partial charge in [-0.1, -0.05) is 0 Å². The smallest absolute Gasteiger partial charge is 0.407 e. The first-order valence-corrected chi connectivity index (χ1v) is 8.18. The Morgan fingerprint density at radius 3 is 2.23 bits per heavy atom. The Bertz CT molecular complexity index is 358. The molecule has 1 fully saturated rings. The van der Waals surface area contributed by atoms with E-state index in [1.807, 2.05) is 27.7 Å². The first kappa shape index (κ1) is 18.7. The molecule has 0 bridgehead atoms. The highest BCUT2D eigenvalue weighted by molar-refractivity contribution is 5.69. The van der Waals surface area contributed by atoms with Crippen LogP contribution in [0.1, 0.15) is 59.8 Å². The van der Waals surface area contributed by atoms with Gasteiger partial charge in [0, 0.05) is 18.6 Å². The molecule has 0 aliphatic heterocycles. The zero-order valence-corrected chi connectivity index (χ0v) is 14.2. The maximum absolute atomic E-state index is 11.7. The average Bonchev–Trinajstić information content (AvgIpc) is 2.39. The maximum Gasteiger partial charge on any atom is 0.407 e. The Kier molecular flexibility index (Phi) is 7.65. The molecule has 1 aliphatic rings. The minimum Gasteiger partial charge on any atom is -0.466 e. The Labute approximate surface area is 133 Å². The summed E-state index contributed by atoms with van der Waals surface area (Å²) in [5.41, 5.74) is -0.462. The molecule has 0 radical (unpaired) electrons. The molecule has 0 atom stereocenters. The molecule has 0 spiro atoms. The van der Waals surface area contributed by atoms with Crippen molar-refractivity contribution in [2.45, 2.75) is 77.5 Å². The van der Waals surface area contributed by atoms with Gasteiger partial charge in [0.1, 0.15) is 5.60 Å². The van der Waals surface area contributed by atoms with Crippen LogP contribution >= 0.6 is 0 Å². The summed E-state index contributed by atoms with van der Waals surface area (Å²) < 4.78 is 10.2. The second-order valence-electron chi connectivity index (χ2n) is 6.70. The van der Waals surface area contributed by atoms with Crippen LogP contribution in [0.4, 0.5) is 4.79 Å². The Morgan fingerprint density at radius 1 is 1.09 bits per heavy atom. The number of carbonyl (C=O) groups excluding carboxylic acids is 2. The Balaban J connectivity index is 2.15. The fraction of sp³-hybridized carbons (Fsp3) is 0.875. The first-order chi connectivity index (χ1) is 10.3. The zero-order valence-electron chi connectivity index (χ0n) is 14.2. The van der Waals surface area contributed by atoms with E-state index >= 15 is 0 Å². The van der Waals surface area contributed by atoms with Crippen molar-refractivity contribution in [2.24, 2.45) is 0 Å². The van der Waals surface area contributed by atoms with Crippen molar-refractivity contribution >= 4 is 12.1 Å². The lowest BCUT2D eigenvalue weighted by Crippen LogP contribution is -2.44. The summed E-state index contributed by atoms with van der Waals surface area (Å²) >= 11 is 0. The van der Waals surface area contributed by atoms with E-state index in [-0.39, 0.29) is 18.1 Å². The second kappa shape index (κ2) is 8.98. The highest BCUT2D eigenvalue weighted by atomic mass is 16.6. The van der Waals surface area contributed by atoms with Gasteiger partial charge in [-0.2, -0.15) is 0 Å². The SMILES string of the molecule is CCOC(=O)CCNC1CCC(NC(=O)OC(C)(C)C)CC1. The van der Waals surface area contributed by atoms with Gasteiger partial charge in [0.05, 0.1) is 13.0 Å². The van der Waals surface area contributed by atoms with Crippen molar-refractivity contribution in [3.05, 3.63) is 0 Å². The molecule has 1 amide bonds. The van der Waals surface area contributed by atoms with Crippen LogP contribution in [0.3, 0.4) is 0 Å². The predicted molar refractivity (Wildman–Crippen MR) is 84.7 cm³/mol. The summed E-state index contributed by atoms with van der Waals surface area (Å²) in [6, 6.07) is 0.587. The van der Waals surface area contributed by atoms with E-state index in [1.165, 1.54) is 0 Å². The number of rotatable bonds is 6. The molecule has 1 aliphatic carbocycles. The summed E-state index contributed by atoms with van der Waals surface area (Å²) in [4.78, 5) is 23.0. The lowest BCUT2D eigenvalue weighted by molar-refractivity contribution is -0.143. The average molecular weight is 314 g/mol. The summed E-state index contributed by atoms with van der Waals surface area (Å²) in [5, 5.41) is 6.30. The molecule has 22 heavy (non-hydrogen) atoms. The standard InChI is InChI=1S/C16H30N2O4/c1-5-21-14(19)10-11-17-12-6-8-13(9-7-12)18-15(20)22-16(2,3)4/h12-13,17H,5-11H2,1-4H3,(H,18,20). The van der Waals surface area contributed by atoms with Gasteiger partial charge in [0.25, 0.3) is 0 Å². The number of amides is 1. The summed E-state index contributed by atoms with van der Waals surface area (Å²) in [6.07, 6.45) is 3.90. The van der Waals surface area contributed by atoms with Crippen LogP contribution in [0.25, 0.3) is 0 Å². The van der Waals surface area contributed by atoms with Crippen LogP contribution in [0, 0.1) is 0 Å². The predicted octanol–water partition coefficient (Wildman–Crippen LogP) is 2.37. The number of carbonyl (C=O) groups is 2. The van der Waals surface area contributed by atoms with E-state index in [0.29, 0.717) is 25.6 Å². The highest BCUT2D eigenvalue weighted by Gasteiger charge is 2.24. The molecule has 1 rings (SSSR count). The number of nitrogens with one attached hydrogen (secondary N) is 2. The molecule has 0 saturated heterocycles. The van der Waals surface area contributed by atoms with Crippen molar-refractivity contribution in [3.63, 3.8) is 0 Å². The lowest BCUT2D eigenvalue weighted by atomic mass is 9.91. The molecule has 1 saturated carbocycles. The van der Waals surface area contributed by atoms with Crippen molar-refractivity contribution in [2.75, 3.05) is 13.2 Å². The first-order valence-electron chi connectivity index (χ1n) is 8.18. The highest BCUT2D eigenvalue weighted by Crippen LogP contribution is 2.19. The third-order valence-electron chi connectivity index (χ3n) is 3.52. The van der Waals surface area contributed by atoms with Gasteiger partial charge in [0.2, 0.25) is 0 Å². The Hall–Kier alpha value is -1.30. The topological polar surface area (TPSA) is 76.7 Å². The van der Waals surface area contributed by atoms with Crippen LogP contribution in [0.5, 0.6) is 0 Å². The zero-order chi connectivity index (χ0) is 16.6. The monoisotopic (exact) mass is 314 g/mol. The van der Waals surface area contributed by atoms with Gasteiger partial charge < -0.3 is 20.1 Å². The molecule has 6 nitrogen and oxygen atoms in total. The number of alkyl carbamates (subject to hydrolysis) is 1. The Morgan fingerprint density at radius 2 is 1.68 bits per heavy atom. The van der Waals surface area contributed by atoms with Gasteiger partial charge >= 0.3 is 12.1 Å². The van der Waals surface area contributed by atoms with Crippen molar-refractivity contribution in [1.82, 2.24) is 10.6 Å². The molecular weight excluding hydrogens is 284 g/mol. The minimum atomic E-state index is -0.462. The lowest BCUT2D eigenvalue weighted by Gasteiger charge is -2.30. The molecular formula is C16H30N2O4. The minimum absolute atomic E-state index is 0.157. The van der Waals surface area contributed by atoms with Crippen LogP contribution in [0.15, 0.2) is 0 Å². The van der Waals surface area contributed by atoms with Gasteiger partial charge in [-0.05, 0) is 53.4 Å². The van der Waals surface area contributed by atoms with E-state index in [0.717, 1.165) is 25.7 Å². The van der Waals surface area contributed by atoms with E-state index in [9.17, 15) is 9.59 Å². The molecule has 2 N–H and O–H groups in total. The second-order valence-corrected chi connectivity index (χ2v) is 6.70. The molecule has 0 aromatic rings. The van der Waals surface area contributed by atoms with Gasteiger partial charge in [-0.25, -0.2) is 4.79 Å². The van der Waals surface area contributed by atoms with Crippen LogP contribution in [0.2, 0.25) is 0 Å². The van der Waals surface area contributed by atoms with Gasteiger partial charge in [-0.3, -0.25) is 4.79 Å². The largest absolute Gasteiger partial charge is 0.466 e. The third kappa shape index (κ3) is 8.22. The molecule has 0 aromatic heterocycles.